The summed E-state index contributed by atoms with van der Waals surface area (Å²) < 4.78 is 0. The van der Waals surface area contributed by atoms with Gasteiger partial charge >= 0.3 is 0 Å². The van der Waals surface area contributed by atoms with Gasteiger partial charge in [0.15, 0.2) is 5.82 Å². The van der Waals surface area contributed by atoms with Gasteiger partial charge in [0.25, 0.3) is 0 Å². The number of amides is 1. The SMILES string of the molecule is CC(C)C(C)(C#N)NC(=O)CSc1nc(-c2cccs2)nc2ccccc12. The average molecular weight is 397 g/mol. The molecule has 0 aliphatic rings. The Bertz CT molecular complexity index is 995. The summed E-state index contributed by atoms with van der Waals surface area (Å²) >= 11 is 2.95. The fraction of sp³-hybridized carbons (Fsp3) is 0.300. The molecule has 1 N–H and O–H groups in total. The van der Waals surface area contributed by atoms with Crippen LogP contribution in [-0.2, 0) is 4.79 Å². The van der Waals surface area contributed by atoms with Gasteiger partial charge in [-0.3, -0.25) is 4.79 Å². The number of para-hydroxylation sites is 1. The summed E-state index contributed by atoms with van der Waals surface area (Å²) in [7, 11) is 0. The van der Waals surface area contributed by atoms with Crippen molar-refractivity contribution in [3.63, 3.8) is 0 Å². The molecule has 1 unspecified atom stereocenters. The molecular formula is C20H20N4OS2. The first-order valence-electron chi connectivity index (χ1n) is 8.58. The molecule has 0 saturated heterocycles. The molecular weight excluding hydrogens is 376 g/mol. The third-order valence-corrected chi connectivity index (χ3v) is 6.29. The minimum atomic E-state index is -0.881. The summed E-state index contributed by atoms with van der Waals surface area (Å²) in [6.07, 6.45) is 0. The third-order valence-electron chi connectivity index (χ3n) is 4.44. The molecule has 27 heavy (non-hydrogen) atoms. The van der Waals surface area contributed by atoms with Gasteiger partial charge in [0, 0.05) is 5.39 Å². The van der Waals surface area contributed by atoms with E-state index >= 15 is 0 Å². The van der Waals surface area contributed by atoms with Crippen molar-refractivity contribution in [3.8, 4) is 16.8 Å². The molecule has 2 aromatic heterocycles. The molecule has 0 radical (unpaired) electrons. The average Bonchev–Trinajstić information content (AvgIpc) is 3.20. The predicted octanol–water partition coefficient (Wildman–Crippen LogP) is 4.50. The number of nitrogens with one attached hydrogen (secondary N) is 1. The van der Waals surface area contributed by atoms with Crippen LogP contribution in [0.5, 0.6) is 0 Å². The molecule has 3 aromatic rings. The van der Waals surface area contributed by atoms with Crippen molar-refractivity contribution in [3.05, 3.63) is 41.8 Å². The van der Waals surface area contributed by atoms with Crippen molar-refractivity contribution in [2.75, 3.05) is 5.75 Å². The highest BCUT2D eigenvalue weighted by Crippen LogP contribution is 2.30. The Hall–Kier alpha value is -2.43. The van der Waals surface area contributed by atoms with Crippen molar-refractivity contribution in [2.24, 2.45) is 5.92 Å². The first-order chi connectivity index (χ1) is 12.9. The fourth-order valence-electron chi connectivity index (χ4n) is 2.43. The van der Waals surface area contributed by atoms with Gasteiger partial charge in [-0.2, -0.15) is 5.26 Å². The number of nitriles is 1. The zero-order valence-corrected chi connectivity index (χ0v) is 17.0. The van der Waals surface area contributed by atoms with Crippen LogP contribution in [0.1, 0.15) is 20.8 Å². The highest BCUT2D eigenvalue weighted by Gasteiger charge is 2.29. The minimum absolute atomic E-state index is 0.0155. The Balaban J connectivity index is 1.84. The van der Waals surface area contributed by atoms with E-state index in [0.29, 0.717) is 5.82 Å². The molecule has 1 amide bonds. The lowest BCUT2D eigenvalue weighted by Gasteiger charge is -2.27. The van der Waals surface area contributed by atoms with E-state index in [1.54, 1.807) is 18.3 Å². The lowest BCUT2D eigenvalue weighted by Crippen LogP contribution is -2.49. The van der Waals surface area contributed by atoms with E-state index in [9.17, 15) is 10.1 Å². The predicted molar refractivity (Wildman–Crippen MR) is 111 cm³/mol. The number of hydrogen-bond donors (Lipinski definition) is 1. The zero-order valence-electron chi connectivity index (χ0n) is 15.4. The first-order valence-corrected chi connectivity index (χ1v) is 10.4. The van der Waals surface area contributed by atoms with Gasteiger partial charge in [0.2, 0.25) is 5.91 Å². The first kappa shape index (κ1) is 19.3. The van der Waals surface area contributed by atoms with E-state index in [-0.39, 0.29) is 17.6 Å². The van der Waals surface area contributed by atoms with E-state index < -0.39 is 5.54 Å². The van der Waals surface area contributed by atoms with Crippen molar-refractivity contribution in [1.82, 2.24) is 15.3 Å². The van der Waals surface area contributed by atoms with Gasteiger partial charge in [0.1, 0.15) is 10.6 Å². The summed E-state index contributed by atoms with van der Waals surface area (Å²) in [4.78, 5) is 22.7. The highest BCUT2D eigenvalue weighted by atomic mass is 32.2. The molecule has 1 aromatic carbocycles. The largest absolute Gasteiger partial charge is 0.337 e. The van der Waals surface area contributed by atoms with Crippen LogP contribution in [0.2, 0.25) is 0 Å². The number of benzene rings is 1. The van der Waals surface area contributed by atoms with Crippen molar-refractivity contribution in [2.45, 2.75) is 31.3 Å². The number of thiophene rings is 1. The van der Waals surface area contributed by atoms with Gasteiger partial charge in [-0.25, -0.2) is 9.97 Å². The summed E-state index contributed by atoms with van der Waals surface area (Å²) in [5.41, 5.74) is -0.0316. The van der Waals surface area contributed by atoms with Crippen LogP contribution < -0.4 is 5.32 Å². The van der Waals surface area contributed by atoms with Gasteiger partial charge in [-0.15, -0.1) is 11.3 Å². The topological polar surface area (TPSA) is 78.7 Å². The van der Waals surface area contributed by atoms with Crippen LogP contribution >= 0.6 is 23.1 Å². The molecule has 0 fully saturated rings. The Labute approximate surface area is 166 Å². The van der Waals surface area contributed by atoms with E-state index in [4.69, 9.17) is 0 Å². The number of fused-ring (bicyclic) bond motifs is 1. The van der Waals surface area contributed by atoms with Crippen LogP contribution in [-0.4, -0.2) is 27.2 Å². The minimum Gasteiger partial charge on any atom is -0.337 e. The Morgan fingerprint density at radius 1 is 1.30 bits per heavy atom. The number of rotatable bonds is 6. The van der Waals surface area contributed by atoms with Gasteiger partial charge in [-0.05, 0) is 30.4 Å². The standard InChI is InChI=1S/C20H20N4OS2/c1-13(2)20(3,12-21)24-17(25)11-27-19-14-7-4-5-8-15(14)22-18(23-19)16-9-6-10-26-16/h4-10,13H,11H2,1-3H3,(H,24,25). The normalized spacial score (nSPS) is 13.3. The molecule has 0 aliphatic carbocycles. The molecule has 5 nitrogen and oxygen atoms in total. The molecule has 0 bridgehead atoms. The Morgan fingerprint density at radius 2 is 2.07 bits per heavy atom. The summed E-state index contributed by atoms with van der Waals surface area (Å²) in [6, 6.07) is 13.9. The van der Waals surface area contributed by atoms with E-state index in [0.717, 1.165) is 20.8 Å². The molecule has 138 valence electrons. The van der Waals surface area contributed by atoms with Crippen LogP contribution in [0.25, 0.3) is 21.6 Å². The van der Waals surface area contributed by atoms with Crippen LogP contribution in [0.3, 0.4) is 0 Å². The molecule has 2 heterocycles. The van der Waals surface area contributed by atoms with Crippen LogP contribution in [0.4, 0.5) is 0 Å². The fourth-order valence-corrected chi connectivity index (χ4v) is 3.91. The van der Waals surface area contributed by atoms with Gasteiger partial charge < -0.3 is 5.32 Å². The van der Waals surface area contributed by atoms with E-state index in [1.165, 1.54) is 11.8 Å². The molecule has 3 rings (SSSR count). The highest BCUT2D eigenvalue weighted by molar-refractivity contribution is 8.00. The number of carbonyl (C=O) groups excluding carboxylic acids is 1. The number of nitrogens with zero attached hydrogens (tertiary/aromatic N) is 3. The maximum atomic E-state index is 12.4. The lowest BCUT2D eigenvalue weighted by atomic mass is 9.90. The smallest absolute Gasteiger partial charge is 0.231 e. The third kappa shape index (κ3) is 4.29. The monoisotopic (exact) mass is 396 g/mol. The van der Waals surface area contributed by atoms with E-state index in [2.05, 4.69) is 21.4 Å². The number of hydrogen-bond acceptors (Lipinski definition) is 6. The summed E-state index contributed by atoms with van der Waals surface area (Å²) in [5, 5.41) is 15.9. The number of aromatic nitrogens is 2. The molecule has 0 aliphatic heterocycles. The molecule has 1 atom stereocenters. The zero-order chi connectivity index (χ0) is 19.4. The number of thioether (sulfide) groups is 1. The van der Waals surface area contributed by atoms with Crippen LogP contribution in [0.15, 0.2) is 46.8 Å². The number of carbonyl (C=O) groups is 1. The van der Waals surface area contributed by atoms with Gasteiger partial charge in [-0.1, -0.05) is 49.9 Å². The molecule has 0 saturated carbocycles. The van der Waals surface area contributed by atoms with Crippen LogP contribution in [0, 0.1) is 17.2 Å². The molecule has 7 heteroatoms. The van der Waals surface area contributed by atoms with Gasteiger partial charge in [0.05, 0.1) is 22.2 Å². The molecule has 0 spiro atoms. The second-order valence-corrected chi connectivity index (χ2v) is 8.56. The Kier molecular flexibility index (Phi) is 5.78. The second-order valence-electron chi connectivity index (χ2n) is 6.65. The second kappa shape index (κ2) is 8.07. The van der Waals surface area contributed by atoms with Crippen molar-refractivity contribution >= 4 is 39.9 Å². The maximum absolute atomic E-state index is 12.4. The Morgan fingerprint density at radius 3 is 2.74 bits per heavy atom. The van der Waals surface area contributed by atoms with Crippen molar-refractivity contribution in [1.29, 1.82) is 5.26 Å². The summed E-state index contributed by atoms with van der Waals surface area (Å²) in [6.45, 7) is 5.58. The lowest BCUT2D eigenvalue weighted by molar-refractivity contribution is -0.120. The van der Waals surface area contributed by atoms with E-state index in [1.807, 2.05) is 55.6 Å². The maximum Gasteiger partial charge on any atom is 0.231 e. The van der Waals surface area contributed by atoms with Crippen molar-refractivity contribution < 1.29 is 4.79 Å². The summed E-state index contributed by atoms with van der Waals surface area (Å²) in [5.74, 6) is 0.685. The quantitative estimate of drug-likeness (QED) is 0.490.